The molecule has 6 heteroatoms. The number of aromatic nitrogens is 2. The summed E-state index contributed by atoms with van der Waals surface area (Å²) in [7, 11) is 4.85. The number of hydrogen-bond acceptors (Lipinski definition) is 4. The number of rotatable bonds is 4. The van der Waals surface area contributed by atoms with Crippen LogP contribution in [-0.4, -0.2) is 29.9 Å². The molecule has 0 saturated carbocycles. The molecule has 0 radical (unpaired) electrons. The maximum Gasteiger partial charge on any atom is 0.260 e. The number of nitrogens with zero attached hydrogens (tertiary/aromatic N) is 2. The first kappa shape index (κ1) is 12.9. The Labute approximate surface area is 110 Å². The fourth-order valence-corrected chi connectivity index (χ4v) is 1.65. The first-order valence-electron chi connectivity index (χ1n) is 5.67. The van der Waals surface area contributed by atoms with Crippen LogP contribution in [0.2, 0.25) is 0 Å². The van der Waals surface area contributed by atoms with Gasteiger partial charge in [0.1, 0.15) is 11.5 Å². The van der Waals surface area contributed by atoms with Crippen molar-refractivity contribution in [2.45, 2.75) is 0 Å². The van der Waals surface area contributed by atoms with Crippen LogP contribution < -0.4 is 14.8 Å². The van der Waals surface area contributed by atoms with Gasteiger partial charge in [0.2, 0.25) is 0 Å². The van der Waals surface area contributed by atoms with E-state index in [0.29, 0.717) is 22.9 Å². The lowest BCUT2D eigenvalue weighted by molar-refractivity contribution is 0.102. The second-order valence-electron chi connectivity index (χ2n) is 3.89. The topological polar surface area (TPSA) is 65.4 Å². The Morgan fingerprint density at radius 3 is 2.63 bits per heavy atom. The lowest BCUT2D eigenvalue weighted by Gasteiger charge is -2.09. The Hall–Kier alpha value is -2.50. The molecule has 1 amide bonds. The molecule has 0 bridgehead atoms. The number of aryl methyl sites for hydroxylation is 1. The molecule has 0 aliphatic heterocycles. The zero-order valence-corrected chi connectivity index (χ0v) is 11.0. The molecule has 0 saturated heterocycles. The summed E-state index contributed by atoms with van der Waals surface area (Å²) in [6.45, 7) is 0. The molecule has 100 valence electrons. The highest BCUT2D eigenvalue weighted by Gasteiger charge is 2.14. The van der Waals surface area contributed by atoms with Gasteiger partial charge in [0.15, 0.2) is 5.82 Å². The summed E-state index contributed by atoms with van der Waals surface area (Å²) in [6.07, 6.45) is 1.75. The monoisotopic (exact) mass is 261 g/mol. The zero-order valence-electron chi connectivity index (χ0n) is 11.0. The van der Waals surface area contributed by atoms with Gasteiger partial charge in [-0.15, -0.1) is 0 Å². The molecule has 1 N–H and O–H groups in total. The molecule has 0 aliphatic rings. The largest absolute Gasteiger partial charge is 0.497 e. The van der Waals surface area contributed by atoms with Crippen molar-refractivity contribution in [3.63, 3.8) is 0 Å². The number of methoxy groups -OCH3 is 2. The molecule has 6 nitrogen and oxygen atoms in total. The molecule has 0 fully saturated rings. The number of benzene rings is 1. The van der Waals surface area contributed by atoms with Crippen LogP contribution in [0.25, 0.3) is 0 Å². The minimum atomic E-state index is -0.279. The van der Waals surface area contributed by atoms with Gasteiger partial charge >= 0.3 is 0 Å². The van der Waals surface area contributed by atoms with Gasteiger partial charge in [-0.2, -0.15) is 5.10 Å². The third-order valence-electron chi connectivity index (χ3n) is 2.61. The van der Waals surface area contributed by atoms with Gasteiger partial charge in [-0.3, -0.25) is 9.48 Å². The maximum atomic E-state index is 12.1. The van der Waals surface area contributed by atoms with Crippen molar-refractivity contribution in [3.05, 3.63) is 36.0 Å². The Morgan fingerprint density at radius 2 is 2.05 bits per heavy atom. The van der Waals surface area contributed by atoms with E-state index in [1.807, 2.05) is 0 Å². The molecule has 1 heterocycles. The van der Waals surface area contributed by atoms with E-state index in [4.69, 9.17) is 9.47 Å². The van der Waals surface area contributed by atoms with Crippen LogP contribution in [0, 0.1) is 0 Å². The van der Waals surface area contributed by atoms with Crippen LogP contribution in [-0.2, 0) is 7.05 Å². The molecule has 0 spiro atoms. The Balaban J connectivity index is 2.23. The summed E-state index contributed by atoms with van der Waals surface area (Å²) in [4.78, 5) is 12.1. The Bertz CT molecular complexity index is 593. The number of ether oxygens (including phenoxy) is 2. The van der Waals surface area contributed by atoms with Gasteiger partial charge in [-0.1, -0.05) is 0 Å². The van der Waals surface area contributed by atoms with Crippen molar-refractivity contribution in [1.29, 1.82) is 0 Å². The van der Waals surface area contributed by atoms with Crippen molar-refractivity contribution < 1.29 is 14.3 Å². The van der Waals surface area contributed by atoms with Crippen molar-refractivity contribution in [2.75, 3.05) is 19.5 Å². The van der Waals surface area contributed by atoms with Gasteiger partial charge < -0.3 is 14.8 Å². The molecule has 1 aromatic carbocycles. The first-order valence-corrected chi connectivity index (χ1v) is 5.67. The van der Waals surface area contributed by atoms with E-state index in [-0.39, 0.29) is 5.91 Å². The van der Waals surface area contributed by atoms with E-state index in [0.717, 1.165) is 0 Å². The second-order valence-corrected chi connectivity index (χ2v) is 3.89. The zero-order chi connectivity index (χ0) is 13.8. The minimum Gasteiger partial charge on any atom is -0.497 e. The van der Waals surface area contributed by atoms with Gasteiger partial charge in [0, 0.05) is 25.4 Å². The van der Waals surface area contributed by atoms with Crippen LogP contribution in [0.4, 0.5) is 5.82 Å². The van der Waals surface area contributed by atoms with E-state index in [1.54, 1.807) is 49.3 Å². The Kier molecular flexibility index (Phi) is 3.70. The Morgan fingerprint density at radius 1 is 1.26 bits per heavy atom. The van der Waals surface area contributed by atoms with Gasteiger partial charge in [0.05, 0.1) is 19.8 Å². The fraction of sp³-hybridized carbons (Fsp3) is 0.231. The summed E-state index contributed by atoms with van der Waals surface area (Å²) >= 11 is 0. The maximum absolute atomic E-state index is 12.1. The van der Waals surface area contributed by atoms with Crippen LogP contribution in [0.1, 0.15) is 10.4 Å². The van der Waals surface area contributed by atoms with E-state index in [1.165, 1.54) is 7.11 Å². The van der Waals surface area contributed by atoms with Crippen molar-refractivity contribution in [2.24, 2.45) is 7.05 Å². The lowest BCUT2D eigenvalue weighted by atomic mass is 10.1. The SMILES string of the molecule is COc1ccc(C(=O)Nc2ccn(C)n2)c(OC)c1. The molecular weight excluding hydrogens is 246 g/mol. The average molecular weight is 261 g/mol. The highest BCUT2D eigenvalue weighted by atomic mass is 16.5. The first-order chi connectivity index (χ1) is 9.13. The molecule has 0 atom stereocenters. The average Bonchev–Trinajstić information content (AvgIpc) is 2.83. The third-order valence-corrected chi connectivity index (χ3v) is 2.61. The van der Waals surface area contributed by atoms with E-state index in [2.05, 4.69) is 10.4 Å². The summed E-state index contributed by atoms with van der Waals surface area (Å²) in [5.74, 6) is 1.29. The van der Waals surface area contributed by atoms with E-state index in [9.17, 15) is 4.79 Å². The third kappa shape index (κ3) is 2.85. The van der Waals surface area contributed by atoms with Crippen LogP contribution in [0.15, 0.2) is 30.5 Å². The summed E-state index contributed by atoms with van der Waals surface area (Å²) in [5, 5.41) is 6.78. The fourth-order valence-electron chi connectivity index (χ4n) is 1.65. The summed E-state index contributed by atoms with van der Waals surface area (Å²) in [5.41, 5.74) is 0.425. The molecular formula is C13H15N3O3. The lowest BCUT2D eigenvalue weighted by Crippen LogP contribution is -2.13. The number of carbonyl (C=O) groups excluding carboxylic acids is 1. The second kappa shape index (κ2) is 5.43. The number of amides is 1. The standard InChI is InChI=1S/C13H15N3O3/c1-16-7-6-12(15-16)14-13(17)10-5-4-9(18-2)8-11(10)19-3/h4-8H,1-3H3,(H,14,15,17). The smallest absolute Gasteiger partial charge is 0.260 e. The highest BCUT2D eigenvalue weighted by molar-refractivity contribution is 6.05. The summed E-state index contributed by atoms with van der Waals surface area (Å²) in [6, 6.07) is 6.73. The molecule has 1 aromatic heterocycles. The number of carbonyl (C=O) groups is 1. The normalized spacial score (nSPS) is 10.1. The minimum absolute atomic E-state index is 0.279. The molecule has 0 unspecified atom stereocenters. The van der Waals surface area contributed by atoms with Gasteiger partial charge in [-0.25, -0.2) is 0 Å². The molecule has 19 heavy (non-hydrogen) atoms. The van der Waals surface area contributed by atoms with Crippen LogP contribution in [0.3, 0.4) is 0 Å². The van der Waals surface area contributed by atoms with E-state index < -0.39 is 0 Å². The number of hydrogen-bond donors (Lipinski definition) is 1. The van der Waals surface area contributed by atoms with Crippen molar-refractivity contribution in [1.82, 2.24) is 9.78 Å². The predicted octanol–water partition coefficient (Wildman–Crippen LogP) is 1.69. The van der Waals surface area contributed by atoms with Crippen molar-refractivity contribution >= 4 is 11.7 Å². The molecule has 2 rings (SSSR count). The number of nitrogens with one attached hydrogen (secondary N) is 1. The highest BCUT2D eigenvalue weighted by Crippen LogP contribution is 2.25. The van der Waals surface area contributed by atoms with Gasteiger partial charge in [-0.05, 0) is 12.1 Å². The van der Waals surface area contributed by atoms with E-state index >= 15 is 0 Å². The molecule has 2 aromatic rings. The predicted molar refractivity (Wildman–Crippen MR) is 70.7 cm³/mol. The van der Waals surface area contributed by atoms with Crippen LogP contribution >= 0.6 is 0 Å². The number of anilines is 1. The van der Waals surface area contributed by atoms with Crippen molar-refractivity contribution in [3.8, 4) is 11.5 Å². The summed E-state index contributed by atoms with van der Waals surface area (Å²) < 4.78 is 11.9. The van der Waals surface area contributed by atoms with Crippen LogP contribution in [0.5, 0.6) is 11.5 Å². The van der Waals surface area contributed by atoms with Gasteiger partial charge in [0.25, 0.3) is 5.91 Å². The molecule has 0 aliphatic carbocycles. The quantitative estimate of drug-likeness (QED) is 0.909.